The monoisotopic (exact) mass is 396 g/mol. The van der Waals surface area contributed by atoms with Gasteiger partial charge in [0.25, 0.3) is 0 Å². The zero-order valence-electron chi connectivity index (χ0n) is 15.0. The number of imidazole rings is 1. The van der Waals surface area contributed by atoms with Crippen molar-refractivity contribution in [3.8, 4) is 11.3 Å². The Balaban J connectivity index is 1.78. The van der Waals surface area contributed by atoms with Crippen LogP contribution in [0.4, 0.5) is 5.82 Å². The first kappa shape index (κ1) is 17.8. The summed E-state index contributed by atoms with van der Waals surface area (Å²) in [4.78, 5) is 9.14. The van der Waals surface area contributed by atoms with Crippen LogP contribution < -0.4 is 5.32 Å². The lowest BCUT2D eigenvalue weighted by Gasteiger charge is -2.10. The van der Waals surface area contributed by atoms with Crippen LogP contribution in [0.25, 0.3) is 16.9 Å². The highest BCUT2D eigenvalue weighted by atomic mass is 35.5. The molecule has 3 aromatic heterocycles. The summed E-state index contributed by atoms with van der Waals surface area (Å²) in [5, 5.41) is 4.31. The molecule has 136 valence electrons. The number of benzene rings is 1. The van der Waals surface area contributed by atoms with Gasteiger partial charge in [-0.15, -0.1) is 0 Å². The zero-order valence-corrected chi connectivity index (χ0v) is 16.5. The van der Waals surface area contributed by atoms with E-state index >= 15 is 0 Å². The van der Waals surface area contributed by atoms with Gasteiger partial charge in [-0.3, -0.25) is 0 Å². The minimum atomic E-state index is 0.490. The Morgan fingerprint density at radius 1 is 1.00 bits per heavy atom. The molecule has 4 aromatic rings. The van der Waals surface area contributed by atoms with Crippen molar-refractivity contribution in [1.29, 1.82) is 0 Å². The molecule has 0 saturated heterocycles. The Hall–Kier alpha value is -2.56. The van der Waals surface area contributed by atoms with E-state index in [4.69, 9.17) is 28.2 Å². The van der Waals surface area contributed by atoms with E-state index in [0.29, 0.717) is 22.4 Å². The van der Waals surface area contributed by atoms with E-state index in [1.165, 1.54) is 11.1 Å². The summed E-state index contributed by atoms with van der Waals surface area (Å²) in [6.07, 6.45) is 3.67. The Morgan fingerprint density at radius 2 is 1.74 bits per heavy atom. The second-order valence-electron chi connectivity index (χ2n) is 6.55. The maximum Gasteiger partial charge on any atom is 0.145 e. The number of fused-ring (bicyclic) bond motifs is 1. The molecule has 0 bridgehead atoms. The maximum atomic E-state index is 6.26. The van der Waals surface area contributed by atoms with Crippen LogP contribution in [0, 0.1) is 13.8 Å². The quantitative estimate of drug-likeness (QED) is 0.464. The van der Waals surface area contributed by atoms with Gasteiger partial charge in [-0.25, -0.2) is 9.97 Å². The average Bonchev–Trinajstić information content (AvgIpc) is 2.99. The van der Waals surface area contributed by atoms with E-state index in [2.05, 4.69) is 65.1 Å². The molecule has 1 aromatic carbocycles. The van der Waals surface area contributed by atoms with E-state index in [0.717, 1.165) is 22.6 Å². The molecule has 6 heteroatoms. The highest BCUT2D eigenvalue weighted by Gasteiger charge is 2.15. The van der Waals surface area contributed by atoms with Crippen LogP contribution in [0.5, 0.6) is 0 Å². The number of aryl methyl sites for hydroxylation is 2. The summed E-state index contributed by atoms with van der Waals surface area (Å²) >= 11 is 12.2. The van der Waals surface area contributed by atoms with Crippen molar-refractivity contribution >= 4 is 34.7 Å². The smallest absolute Gasteiger partial charge is 0.145 e. The third kappa shape index (κ3) is 3.64. The number of halogens is 2. The second kappa shape index (κ2) is 7.22. The largest absolute Gasteiger partial charge is 0.363 e. The summed E-state index contributed by atoms with van der Waals surface area (Å²) < 4.78 is 2.11. The standard InChI is InChI=1S/C21H18Cl2N4/c1-13-3-6-15(7-4-13)20-18(27-12-14(2)5-8-19(27)26-20)11-25-21-17(23)9-16(22)10-24-21/h3-10,12H,11H2,1-2H3,(H,24,25). The number of anilines is 1. The molecule has 0 aliphatic heterocycles. The molecule has 0 unspecified atom stereocenters. The number of nitrogens with zero attached hydrogens (tertiary/aromatic N) is 3. The molecule has 0 saturated carbocycles. The van der Waals surface area contributed by atoms with E-state index in [9.17, 15) is 0 Å². The van der Waals surface area contributed by atoms with Gasteiger partial charge in [0.1, 0.15) is 11.5 Å². The maximum absolute atomic E-state index is 6.26. The predicted octanol–water partition coefficient (Wildman–Crippen LogP) is 5.93. The first-order chi connectivity index (χ1) is 13.0. The molecule has 0 aliphatic rings. The molecular weight excluding hydrogens is 379 g/mol. The van der Waals surface area contributed by atoms with Crippen molar-refractivity contribution in [3.05, 3.63) is 81.7 Å². The van der Waals surface area contributed by atoms with Crippen molar-refractivity contribution in [1.82, 2.24) is 14.4 Å². The molecule has 0 atom stereocenters. The van der Waals surface area contributed by atoms with Crippen molar-refractivity contribution in [2.75, 3.05) is 5.32 Å². The van der Waals surface area contributed by atoms with Crippen molar-refractivity contribution in [2.24, 2.45) is 0 Å². The molecule has 3 heterocycles. The van der Waals surface area contributed by atoms with Crippen LogP contribution in [0.1, 0.15) is 16.8 Å². The predicted molar refractivity (Wildman–Crippen MR) is 112 cm³/mol. The third-order valence-electron chi connectivity index (χ3n) is 4.42. The highest BCUT2D eigenvalue weighted by molar-refractivity contribution is 6.35. The zero-order chi connectivity index (χ0) is 19.0. The van der Waals surface area contributed by atoms with Crippen LogP contribution >= 0.6 is 23.2 Å². The van der Waals surface area contributed by atoms with Gasteiger partial charge in [-0.1, -0.05) is 59.1 Å². The van der Waals surface area contributed by atoms with Crippen molar-refractivity contribution in [2.45, 2.75) is 20.4 Å². The summed E-state index contributed by atoms with van der Waals surface area (Å²) in [7, 11) is 0. The molecule has 27 heavy (non-hydrogen) atoms. The van der Waals surface area contributed by atoms with Gasteiger partial charge >= 0.3 is 0 Å². The number of aromatic nitrogens is 3. The molecule has 0 fully saturated rings. The second-order valence-corrected chi connectivity index (χ2v) is 7.39. The summed E-state index contributed by atoms with van der Waals surface area (Å²) in [6, 6.07) is 14.2. The number of nitrogens with one attached hydrogen (secondary N) is 1. The Labute approximate surface area is 167 Å². The first-order valence-corrected chi connectivity index (χ1v) is 9.36. The summed E-state index contributed by atoms with van der Waals surface area (Å²) in [5.74, 6) is 0.596. The van der Waals surface area contributed by atoms with Crippen molar-refractivity contribution < 1.29 is 0 Å². The van der Waals surface area contributed by atoms with Gasteiger partial charge in [-0.2, -0.15) is 0 Å². The Morgan fingerprint density at radius 3 is 2.48 bits per heavy atom. The molecule has 0 spiro atoms. The first-order valence-electron chi connectivity index (χ1n) is 8.61. The summed E-state index contributed by atoms with van der Waals surface area (Å²) in [6.45, 7) is 4.68. The minimum Gasteiger partial charge on any atom is -0.363 e. The fraction of sp³-hybridized carbons (Fsp3) is 0.143. The Kier molecular flexibility index (Phi) is 4.77. The molecule has 0 radical (unpaired) electrons. The van der Waals surface area contributed by atoms with Crippen molar-refractivity contribution in [3.63, 3.8) is 0 Å². The van der Waals surface area contributed by atoms with Crippen LogP contribution in [0.15, 0.2) is 54.9 Å². The number of pyridine rings is 2. The van der Waals surface area contributed by atoms with Gasteiger partial charge in [0.15, 0.2) is 0 Å². The fourth-order valence-corrected chi connectivity index (χ4v) is 3.47. The topological polar surface area (TPSA) is 42.2 Å². The van der Waals surface area contributed by atoms with Gasteiger partial charge in [0.2, 0.25) is 0 Å². The number of hydrogen-bond donors (Lipinski definition) is 1. The molecule has 1 N–H and O–H groups in total. The van der Waals surface area contributed by atoms with Gasteiger partial charge in [-0.05, 0) is 31.5 Å². The van der Waals surface area contributed by atoms with E-state index < -0.39 is 0 Å². The van der Waals surface area contributed by atoms with Gasteiger partial charge in [0.05, 0.1) is 28.0 Å². The van der Waals surface area contributed by atoms with E-state index in [1.54, 1.807) is 12.3 Å². The molecule has 4 rings (SSSR count). The average molecular weight is 397 g/mol. The SMILES string of the molecule is Cc1ccc(-c2nc3ccc(C)cn3c2CNc2ncc(Cl)cc2Cl)cc1. The molecular formula is C21H18Cl2N4. The van der Waals surface area contributed by atoms with Gasteiger partial charge < -0.3 is 9.72 Å². The Bertz CT molecular complexity index is 1120. The van der Waals surface area contributed by atoms with Crippen LogP contribution in [-0.2, 0) is 6.54 Å². The van der Waals surface area contributed by atoms with Gasteiger partial charge in [0, 0.05) is 18.0 Å². The number of rotatable bonds is 4. The molecule has 0 amide bonds. The summed E-state index contributed by atoms with van der Waals surface area (Å²) in [5.41, 5.74) is 6.36. The number of hydrogen-bond acceptors (Lipinski definition) is 3. The van der Waals surface area contributed by atoms with E-state index in [1.807, 2.05) is 6.07 Å². The van der Waals surface area contributed by atoms with E-state index in [-0.39, 0.29) is 0 Å². The lowest BCUT2D eigenvalue weighted by Crippen LogP contribution is -2.06. The lowest BCUT2D eigenvalue weighted by molar-refractivity contribution is 0.989. The van der Waals surface area contributed by atoms with Crippen LogP contribution in [0.3, 0.4) is 0 Å². The van der Waals surface area contributed by atoms with Crippen LogP contribution in [0.2, 0.25) is 10.0 Å². The highest BCUT2D eigenvalue weighted by Crippen LogP contribution is 2.28. The fourth-order valence-electron chi connectivity index (χ4n) is 3.02. The van der Waals surface area contributed by atoms with Crippen LogP contribution in [-0.4, -0.2) is 14.4 Å². The molecule has 0 aliphatic carbocycles. The lowest BCUT2D eigenvalue weighted by atomic mass is 10.1. The third-order valence-corrected chi connectivity index (χ3v) is 4.92. The normalized spacial score (nSPS) is 11.1. The molecule has 4 nitrogen and oxygen atoms in total. The minimum absolute atomic E-state index is 0.490.